The van der Waals surface area contributed by atoms with Gasteiger partial charge in [-0.1, -0.05) is 6.07 Å². The van der Waals surface area contributed by atoms with E-state index >= 15 is 0 Å². The Kier molecular flexibility index (Phi) is 3.86. The fourth-order valence-corrected chi connectivity index (χ4v) is 3.15. The molecule has 3 heterocycles. The molecule has 0 aliphatic carbocycles. The molecule has 0 atom stereocenters. The van der Waals surface area contributed by atoms with Crippen molar-refractivity contribution in [1.82, 2.24) is 14.7 Å². The van der Waals surface area contributed by atoms with Crippen molar-refractivity contribution in [2.75, 3.05) is 13.3 Å². The van der Waals surface area contributed by atoms with Crippen molar-refractivity contribution in [3.8, 4) is 11.5 Å². The summed E-state index contributed by atoms with van der Waals surface area (Å²) in [6, 6.07) is 7.48. The van der Waals surface area contributed by atoms with Gasteiger partial charge >= 0.3 is 0 Å². The number of amides is 1. The maximum atomic E-state index is 12.7. The number of fused-ring (bicyclic) bond motifs is 2. The van der Waals surface area contributed by atoms with Gasteiger partial charge in [0.1, 0.15) is 0 Å². The highest BCUT2D eigenvalue weighted by atomic mass is 16.7. The first-order valence-corrected chi connectivity index (χ1v) is 8.06. The second-order valence-corrected chi connectivity index (χ2v) is 6.04. The van der Waals surface area contributed by atoms with E-state index in [1.807, 2.05) is 33.8 Å². The zero-order valence-electron chi connectivity index (χ0n) is 13.3. The van der Waals surface area contributed by atoms with Gasteiger partial charge in [0.25, 0.3) is 0 Å². The fourth-order valence-electron chi connectivity index (χ4n) is 3.15. The second-order valence-electron chi connectivity index (χ2n) is 6.04. The van der Waals surface area contributed by atoms with E-state index in [1.165, 1.54) is 0 Å². The summed E-state index contributed by atoms with van der Waals surface area (Å²) in [5, 5.41) is 13.6. The summed E-state index contributed by atoms with van der Waals surface area (Å²) < 4.78 is 12.5. The number of aromatic nitrogens is 2. The number of carbonyl (C=O) groups is 1. The normalized spacial score (nSPS) is 16.0. The number of aliphatic hydroxyl groups is 1. The number of rotatable bonds is 3. The predicted octanol–water partition coefficient (Wildman–Crippen LogP) is 1.08. The van der Waals surface area contributed by atoms with Crippen LogP contribution in [0.1, 0.15) is 23.4 Å². The topological polar surface area (TPSA) is 76.8 Å². The highest BCUT2D eigenvalue weighted by Gasteiger charge is 2.21. The van der Waals surface area contributed by atoms with Crippen LogP contribution in [0.4, 0.5) is 0 Å². The summed E-state index contributed by atoms with van der Waals surface area (Å²) in [4.78, 5) is 14.5. The van der Waals surface area contributed by atoms with Crippen LogP contribution in [0.15, 0.2) is 24.3 Å². The minimum atomic E-state index is -0.0782. The summed E-state index contributed by atoms with van der Waals surface area (Å²) in [5.74, 6) is 1.50. The molecule has 2 aliphatic heterocycles. The molecule has 24 heavy (non-hydrogen) atoms. The van der Waals surface area contributed by atoms with Crippen LogP contribution in [-0.4, -0.2) is 39.0 Å². The molecule has 0 fully saturated rings. The molecule has 0 spiro atoms. The number of hydrogen-bond donors (Lipinski definition) is 1. The quantitative estimate of drug-likeness (QED) is 0.912. The molecule has 2 aliphatic rings. The minimum absolute atomic E-state index is 0.0778. The van der Waals surface area contributed by atoms with Crippen molar-refractivity contribution in [3.63, 3.8) is 0 Å². The Morgan fingerprint density at radius 2 is 2.08 bits per heavy atom. The van der Waals surface area contributed by atoms with Gasteiger partial charge in [0.2, 0.25) is 12.7 Å². The summed E-state index contributed by atoms with van der Waals surface area (Å²) in [5.41, 5.74) is 2.53. The van der Waals surface area contributed by atoms with E-state index in [-0.39, 0.29) is 19.3 Å². The number of aliphatic hydroxyl groups excluding tert-OH is 1. The van der Waals surface area contributed by atoms with Crippen molar-refractivity contribution in [3.05, 3.63) is 41.2 Å². The van der Waals surface area contributed by atoms with Crippen molar-refractivity contribution in [1.29, 1.82) is 0 Å². The zero-order chi connectivity index (χ0) is 16.5. The Hall–Kier alpha value is -2.54. The van der Waals surface area contributed by atoms with E-state index < -0.39 is 0 Å². The molecule has 7 heteroatoms. The van der Waals surface area contributed by atoms with E-state index in [0.29, 0.717) is 31.0 Å². The molecule has 1 N–H and O–H groups in total. The Morgan fingerprint density at radius 3 is 2.96 bits per heavy atom. The second kappa shape index (κ2) is 6.16. The third-order valence-electron chi connectivity index (χ3n) is 4.37. The van der Waals surface area contributed by atoms with E-state index in [2.05, 4.69) is 5.10 Å². The van der Waals surface area contributed by atoms with Gasteiger partial charge < -0.3 is 19.5 Å². The molecule has 7 nitrogen and oxygen atoms in total. The average Bonchev–Trinajstić information content (AvgIpc) is 3.15. The number of benzene rings is 1. The van der Waals surface area contributed by atoms with E-state index in [1.54, 1.807) is 0 Å². The molecule has 0 saturated carbocycles. The Labute approximate surface area is 139 Å². The highest BCUT2D eigenvalue weighted by Crippen LogP contribution is 2.32. The Bertz CT molecular complexity index is 771. The average molecular weight is 329 g/mol. The molecule has 1 aromatic carbocycles. The summed E-state index contributed by atoms with van der Waals surface area (Å²) in [6.45, 7) is 2.15. The lowest BCUT2D eigenvalue weighted by atomic mass is 10.1. The van der Waals surface area contributed by atoms with Gasteiger partial charge in [-0.3, -0.25) is 9.48 Å². The molecule has 1 amide bonds. The summed E-state index contributed by atoms with van der Waals surface area (Å²) in [6.07, 6.45) is 1.18. The van der Waals surface area contributed by atoms with Gasteiger partial charge in [0.15, 0.2) is 11.5 Å². The van der Waals surface area contributed by atoms with E-state index in [4.69, 9.17) is 9.47 Å². The number of carbonyl (C=O) groups excluding carboxylic acids is 1. The van der Waals surface area contributed by atoms with Crippen molar-refractivity contribution in [2.24, 2.45) is 0 Å². The molecule has 4 rings (SSSR count). The highest BCUT2D eigenvalue weighted by molar-refractivity contribution is 5.79. The van der Waals surface area contributed by atoms with Crippen LogP contribution in [0.25, 0.3) is 0 Å². The van der Waals surface area contributed by atoms with Gasteiger partial charge in [-0.15, -0.1) is 0 Å². The fraction of sp³-hybridized carbons (Fsp3) is 0.412. The zero-order valence-corrected chi connectivity index (χ0v) is 13.3. The van der Waals surface area contributed by atoms with Crippen LogP contribution in [0.2, 0.25) is 0 Å². The third-order valence-corrected chi connectivity index (χ3v) is 4.37. The van der Waals surface area contributed by atoms with Gasteiger partial charge in [0.05, 0.1) is 31.0 Å². The monoisotopic (exact) mass is 329 g/mol. The summed E-state index contributed by atoms with van der Waals surface area (Å²) in [7, 11) is 0. The Morgan fingerprint density at radius 1 is 1.21 bits per heavy atom. The largest absolute Gasteiger partial charge is 0.454 e. The maximum Gasteiger partial charge on any atom is 0.231 e. The molecule has 1 aromatic heterocycles. The molecule has 0 saturated heterocycles. The summed E-state index contributed by atoms with van der Waals surface area (Å²) >= 11 is 0. The first-order valence-electron chi connectivity index (χ1n) is 8.06. The van der Waals surface area contributed by atoms with Crippen LogP contribution >= 0.6 is 0 Å². The third kappa shape index (κ3) is 2.82. The molecule has 0 unspecified atom stereocenters. The number of nitrogens with zero attached hydrogens (tertiary/aromatic N) is 3. The molecular formula is C17H19N3O4. The standard InChI is InChI=1S/C17H19N3O4/c21-10-13-8-14-9-19(4-1-5-20(14)18-13)17(22)7-12-2-3-15-16(6-12)24-11-23-15/h2-3,6,8,21H,1,4-5,7,9-11H2. The number of hydrogen-bond acceptors (Lipinski definition) is 5. The van der Waals surface area contributed by atoms with Gasteiger partial charge in [0, 0.05) is 13.1 Å². The van der Waals surface area contributed by atoms with Crippen LogP contribution in [-0.2, 0) is 30.9 Å². The van der Waals surface area contributed by atoms with Crippen LogP contribution in [0, 0.1) is 0 Å². The van der Waals surface area contributed by atoms with Crippen molar-refractivity contribution < 1.29 is 19.4 Å². The first-order chi connectivity index (χ1) is 11.7. The Balaban J connectivity index is 1.47. The first kappa shape index (κ1) is 15.0. The lowest BCUT2D eigenvalue weighted by Crippen LogP contribution is -2.32. The molecular weight excluding hydrogens is 310 g/mol. The molecule has 0 bridgehead atoms. The van der Waals surface area contributed by atoms with Gasteiger partial charge in [-0.2, -0.15) is 5.10 Å². The van der Waals surface area contributed by atoms with E-state index in [0.717, 1.165) is 30.0 Å². The molecule has 126 valence electrons. The SMILES string of the molecule is O=C(Cc1ccc2c(c1)OCO2)N1CCCn2nc(CO)cc2C1. The van der Waals surface area contributed by atoms with Crippen LogP contribution < -0.4 is 9.47 Å². The van der Waals surface area contributed by atoms with Crippen molar-refractivity contribution >= 4 is 5.91 Å². The predicted molar refractivity (Wildman–Crippen MR) is 84.5 cm³/mol. The van der Waals surface area contributed by atoms with E-state index in [9.17, 15) is 9.90 Å². The smallest absolute Gasteiger partial charge is 0.231 e. The lowest BCUT2D eigenvalue weighted by Gasteiger charge is -2.20. The van der Waals surface area contributed by atoms with Gasteiger partial charge in [-0.05, 0) is 30.2 Å². The molecule has 0 radical (unpaired) electrons. The van der Waals surface area contributed by atoms with Gasteiger partial charge in [-0.25, -0.2) is 0 Å². The molecule has 2 aromatic rings. The van der Waals surface area contributed by atoms with Crippen LogP contribution in [0.5, 0.6) is 11.5 Å². The number of aryl methyl sites for hydroxylation is 1. The van der Waals surface area contributed by atoms with Crippen molar-refractivity contribution in [2.45, 2.75) is 32.5 Å². The van der Waals surface area contributed by atoms with Crippen LogP contribution in [0.3, 0.4) is 0 Å². The minimum Gasteiger partial charge on any atom is -0.454 e. The lowest BCUT2D eigenvalue weighted by molar-refractivity contribution is -0.131. The number of ether oxygens (including phenoxy) is 2. The maximum absolute atomic E-state index is 12.7.